The summed E-state index contributed by atoms with van der Waals surface area (Å²) in [4.78, 5) is 22.5. The molecule has 5 nitrogen and oxygen atoms in total. The monoisotopic (exact) mass is 512 g/mol. The zero-order valence-corrected chi connectivity index (χ0v) is 20.9. The third-order valence-electron chi connectivity index (χ3n) is 6.16. The number of likely N-dealkylation sites (N-methyl/N-ethyl adjacent to an activating group) is 1. The van der Waals surface area contributed by atoms with E-state index in [2.05, 4.69) is 11.9 Å². The van der Waals surface area contributed by atoms with Crippen LogP contribution in [0.5, 0.6) is 0 Å². The van der Waals surface area contributed by atoms with E-state index < -0.39 is 0 Å². The normalized spacial score (nSPS) is 15.0. The Labute approximate surface area is 213 Å². The SMILES string of the molecule is CN1CCCN(C(=O)c2cc(Cl)c3nc(-c4ccc(Cl)cc4)c(-c4ccc(Cl)cc4)n3c2)CC1. The highest BCUT2D eigenvalue weighted by Crippen LogP contribution is 2.36. The van der Waals surface area contributed by atoms with Crippen molar-refractivity contribution in [3.05, 3.63) is 81.4 Å². The maximum absolute atomic E-state index is 13.4. The standard InChI is InChI=1S/C26H23Cl3N4O/c1-31-11-2-12-32(14-13-31)26(34)19-15-22(29)25-30-23(17-3-7-20(27)8-4-17)24(33(25)16-19)18-5-9-21(28)10-6-18/h3-10,15-16H,2,11-14H2,1H3. The van der Waals surface area contributed by atoms with Crippen LogP contribution >= 0.6 is 34.8 Å². The molecule has 0 N–H and O–H groups in total. The molecular formula is C26H23Cl3N4O. The molecule has 1 fully saturated rings. The number of fused-ring (bicyclic) bond motifs is 1. The van der Waals surface area contributed by atoms with E-state index in [4.69, 9.17) is 39.8 Å². The molecule has 5 rings (SSSR count). The van der Waals surface area contributed by atoms with Gasteiger partial charge in [-0.25, -0.2) is 4.98 Å². The van der Waals surface area contributed by atoms with Gasteiger partial charge >= 0.3 is 0 Å². The topological polar surface area (TPSA) is 40.8 Å². The van der Waals surface area contributed by atoms with Gasteiger partial charge in [-0.2, -0.15) is 0 Å². The van der Waals surface area contributed by atoms with E-state index in [0.29, 0.717) is 32.8 Å². The zero-order chi connectivity index (χ0) is 23.8. The summed E-state index contributed by atoms with van der Waals surface area (Å²) in [6.45, 7) is 3.25. The number of amides is 1. The van der Waals surface area contributed by atoms with Gasteiger partial charge in [0.1, 0.15) is 0 Å². The minimum absolute atomic E-state index is 0.0251. The molecule has 174 valence electrons. The van der Waals surface area contributed by atoms with Crippen LogP contribution in [-0.2, 0) is 0 Å². The van der Waals surface area contributed by atoms with Crippen molar-refractivity contribution in [1.29, 1.82) is 0 Å². The van der Waals surface area contributed by atoms with Gasteiger partial charge in [0.15, 0.2) is 5.65 Å². The number of carbonyl (C=O) groups is 1. The van der Waals surface area contributed by atoms with E-state index in [1.807, 2.05) is 64.0 Å². The number of hydrogen-bond donors (Lipinski definition) is 0. The third kappa shape index (κ3) is 4.53. The van der Waals surface area contributed by atoms with Gasteiger partial charge in [-0.05, 0) is 50.3 Å². The minimum Gasteiger partial charge on any atom is -0.337 e. The summed E-state index contributed by atoms with van der Waals surface area (Å²) < 4.78 is 1.91. The fraction of sp³-hybridized carbons (Fsp3) is 0.231. The van der Waals surface area contributed by atoms with Crippen LogP contribution in [0.2, 0.25) is 15.1 Å². The number of imidazole rings is 1. The predicted octanol–water partition coefficient (Wildman–Crippen LogP) is 6.41. The molecule has 0 unspecified atom stereocenters. The van der Waals surface area contributed by atoms with E-state index in [0.717, 1.165) is 48.6 Å². The van der Waals surface area contributed by atoms with Crippen LogP contribution in [0.3, 0.4) is 0 Å². The predicted molar refractivity (Wildman–Crippen MR) is 139 cm³/mol. The maximum atomic E-state index is 13.4. The van der Waals surface area contributed by atoms with Crippen LogP contribution in [0.25, 0.3) is 28.2 Å². The lowest BCUT2D eigenvalue weighted by Gasteiger charge is -2.21. The molecule has 1 aliphatic rings. The van der Waals surface area contributed by atoms with Gasteiger partial charge in [-0.3, -0.25) is 9.20 Å². The Kier molecular flexibility index (Phi) is 6.54. The van der Waals surface area contributed by atoms with Gasteiger partial charge < -0.3 is 9.80 Å². The average molecular weight is 514 g/mol. The first kappa shape index (κ1) is 23.2. The summed E-state index contributed by atoms with van der Waals surface area (Å²) in [6.07, 6.45) is 2.79. The lowest BCUT2D eigenvalue weighted by Crippen LogP contribution is -2.34. The van der Waals surface area contributed by atoms with Crippen LogP contribution in [0.4, 0.5) is 0 Å². The van der Waals surface area contributed by atoms with E-state index >= 15 is 0 Å². The quantitative estimate of drug-likeness (QED) is 0.318. The van der Waals surface area contributed by atoms with E-state index in [1.54, 1.807) is 6.07 Å². The number of benzene rings is 2. The van der Waals surface area contributed by atoms with Crippen molar-refractivity contribution in [3.63, 3.8) is 0 Å². The van der Waals surface area contributed by atoms with Crippen molar-refractivity contribution in [2.45, 2.75) is 6.42 Å². The first-order valence-electron chi connectivity index (χ1n) is 11.1. The first-order valence-corrected chi connectivity index (χ1v) is 12.3. The van der Waals surface area contributed by atoms with Crippen LogP contribution in [0, 0.1) is 0 Å². The Morgan fingerprint density at radius 2 is 1.50 bits per heavy atom. The molecule has 2 aromatic carbocycles. The molecule has 34 heavy (non-hydrogen) atoms. The highest BCUT2D eigenvalue weighted by atomic mass is 35.5. The summed E-state index contributed by atoms with van der Waals surface area (Å²) in [7, 11) is 2.08. The smallest absolute Gasteiger partial charge is 0.255 e. The highest BCUT2D eigenvalue weighted by Gasteiger charge is 2.23. The maximum Gasteiger partial charge on any atom is 0.255 e. The van der Waals surface area contributed by atoms with Crippen molar-refractivity contribution in [1.82, 2.24) is 19.2 Å². The Hall–Kier alpha value is -2.57. The van der Waals surface area contributed by atoms with Gasteiger partial charge in [-0.15, -0.1) is 0 Å². The van der Waals surface area contributed by atoms with Crippen LogP contribution in [-0.4, -0.2) is 58.3 Å². The number of rotatable bonds is 3. The number of nitrogens with zero attached hydrogens (tertiary/aromatic N) is 4. The molecule has 1 amide bonds. The molecule has 0 aliphatic carbocycles. The molecule has 1 saturated heterocycles. The molecule has 8 heteroatoms. The Balaban J connectivity index is 1.67. The summed E-state index contributed by atoms with van der Waals surface area (Å²) in [5.41, 5.74) is 4.53. The second kappa shape index (κ2) is 9.59. The van der Waals surface area contributed by atoms with Gasteiger partial charge in [0.25, 0.3) is 5.91 Å². The van der Waals surface area contributed by atoms with E-state index in [9.17, 15) is 4.79 Å². The molecule has 4 aromatic rings. The summed E-state index contributed by atoms with van der Waals surface area (Å²) >= 11 is 19.0. The fourth-order valence-corrected chi connectivity index (χ4v) is 4.85. The van der Waals surface area contributed by atoms with Gasteiger partial charge in [-0.1, -0.05) is 59.1 Å². The third-order valence-corrected chi connectivity index (χ3v) is 6.95. The molecule has 2 aromatic heterocycles. The Morgan fingerprint density at radius 1 is 0.853 bits per heavy atom. The lowest BCUT2D eigenvalue weighted by molar-refractivity contribution is 0.0762. The van der Waals surface area contributed by atoms with Crippen molar-refractivity contribution >= 4 is 46.4 Å². The fourth-order valence-electron chi connectivity index (χ4n) is 4.35. The lowest BCUT2D eigenvalue weighted by atomic mass is 10.0. The summed E-state index contributed by atoms with van der Waals surface area (Å²) in [6, 6.07) is 16.8. The zero-order valence-electron chi connectivity index (χ0n) is 18.6. The van der Waals surface area contributed by atoms with Crippen LogP contribution in [0.15, 0.2) is 60.8 Å². The summed E-state index contributed by atoms with van der Waals surface area (Å²) in [5.74, 6) is -0.0251. The number of aromatic nitrogens is 2. The molecule has 3 heterocycles. The number of pyridine rings is 1. The average Bonchev–Trinajstić information content (AvgIpc) is 3.08. The van der Waals surface area contributed by atoms with E-state index in [-0.39, 0.29) is 5.91 Å². The molecule has 0 atom stereocenters. The van der Waals surface area contributed by atoms with Crippen molar-refractivity contribution in [3.8, 4) is 22.5 Å². The Morgan fingerprint density at radius 3 is 2.18 bits per heavy atom. The van der Waals surface area contributed by atoms with Gasteiger partial charge in [0.2, 0.25) is 0 Å². The molecular weight excluding hydrogens is 491 g/mol. The number of halogens is 3. The van der Waals surface area contributed by atoms with Crippen molar-refractivity contribution in [2.75, 3.05) is 33.2 Å². The summed E-state index contributed by atoms with van der Waals surface area (Å²) in [5, 5.41) is 1.72. The second-order valence-electron chi connectivity index (χ2n) is 8.54. The molecule has 1 aliphatic heterocycles. The minimum atomic E-state index is -0.0251. The van der Waals surface area contributed by atoms with Crippen LogP contribution < -0.4 is 0 Å². The first-order chi connectivity index (χ1) is 16.4. The molecule has 0 radical (unpaired) electrons. The van der Waals surface area contributed by atoms with Gasteiger partial charge in [0.05, 0.1) is 22.0 Å². The largest absolute Gasteiger partial charge is 0.337 e. The Bertz CT molecular complexity index is 1350. The molecule has 0 spiro atoms. The van der Waals surface area contributed by atoms with Gasteiger partial charge in [0, 0.05) is 47.0 Å². The van der Waals surface area contributed by atoms with Crippen molar-refractivity contribution in [2.24, 2.45) is 0 Å². The molecule has 0 bridgehead atoms. The number of hydrogen-bond acceptors (Lipinski definition) is 3. The second-order valence-corrected chi connectivity index (χ2v) is 9.82. The van der Waals surface area contributed by atoms with Crippen molar-refractivity contribution < 1.29 is 4.79 Å². The number of carbonyl (C=O) groups excluding carboxylic acids is 1. The van der Waals surface area contributed by atoms with E-state index in [1.165, 1.54) is 0 Å². The van der Waals surface area contributed by atoms with Crippen LogP contribution in [0.1, 0.15) is 16.8 Å². The molecule has 0 saturated carbocycles. The highest BCUT2D eigenvalue weighted by molar-refractivity contribution is 6.34.